The van der Waals surface area contributed by atoms with E-state index in [1.807, 2.05) is 6.92 Å². The first-order valence-electron chi connectivity index (χ1n) is 6.51. The minimum atomic E-state index is -0.643. The number of benzene rings is 1. The molecular weight excluding hydrogens is 259 g/mol. The van der Waals surface area contributed by atoms with E-state index in [0.29, 0.717) is 17.9 Å². The molecule has 5 heteroatoms. The van der Waals surface area contributed by atoms with Crippen LogP contribution in [0.4, 0.5) is 4.39 Å². The molecule has 0 unspecified atom stereocenters. The van der Waals surface area contributed by atoms with E-state index in [1.165, 1.54) is 12.1 Å². The van der Waals surface area contributed by atoms with Gasteiger partial charge in [0.1, 0.15) is 5.82 Å². The van der Waals surface area contributed by atoms with Gasteiger partial charge in [0, 0.05) is 17.9 Å². The molecule has 4 nitrogen and oxygen atoms in total. The summed E-state index contributed by atoms with van der Waals surface area (Å²) in [6.45, 7) is 7.14. The molecule has 0 atom stereocenters. The maximum Gasteiger partial charge on any atom is 0.223 e. The van der Waals surface area contributed by atoms with Crippen molar-refractivity contribution in [3.63, 3.8) is 0 Å². The number of rotatable bonds is 4. The Morgan fingerprint density at radius 2 is 2.10 bits per heavy atom. The molecule has 1 aromatic heterocycles. The van der Waals surface area contributed by atoms with Crippen molar-refractivity contribution in [1.29, 1.82) is 0 Å². The summed E-state index contributed by atoms with van der Waals surface area (Å²) in [5.74, 6) is -0.207. The number of aromatic nitrogens is 2. The van der Waals surface area contributed by atoms with Gasteiger partial charge in [0.2, 0.25) is 11.7 Å². The van der Waals surface area contributed by atoms with Crippen LogP contribution in [-0.2, 0) is 0 Å². The first-order valence-corrected chi connectivity index (χ1v) is 6.51. The highest BCUT2D eigenvalue weighted by Gasteiger charge is 2.31. The Kier molecular flexibility index (Phi) is 3.70. The molecule has 0 fully saturated rings. The van der Waals surface area contributed by atoms with E-state index in [4.69, 9.17) is 4.52 Å². The zero-order valence-corrected chi connectivity index (χ0v) is 12.0. The molecule has 0 amide bonds. The molecule has 0 spiro atoms. The molecule has 0 aliphatic carbocycles. The Hall–Kier alpha value is -2.04. The molecule has 0 radical (unpaired) electrons. The Balaban J connectivity index is 2.61. The quantitative estimate of drug-likeness (QED) is 0.797. The van der Waals surface area contributed by atoms with Gasteiger partial charge in [-0.3, -0.25) is 4.79 Å². The topological polar surface area (TPSA) is 56.0 Å². The normalized spacial score (nSPS) is 11.7. The number of hydrogen-bond acceptors (Lipinski definition) is 4. The van der Waals surface area contributed by atoms with Crippen LogP contribution in [-0.4, -0.2) is 15.9 Å². The molecule has 2 aromatic rings. The van der Waals surface area contributed by atoms with Crippen LogP contribution >= 0.6 is 0 Å². The average molecular weight is 276 g/mol. The molecule has 0 aliphatic heterocycles. The highest BCUT2D eigenvalue weighted by molar-refractivity contribution is 6.05. The van der Waals surface area contributed by atoms with Gasteiger partial charge < -0.3 is 4.52 Å². The maximum absolute atomic E-state index is 14.2. The SMILES string of the molecule is CCC(C)(C)C(=O)c1c(F)cccc1-c1noc(C)n1. The second kappa shape index (κ2) is 5.15. The highest BCUT2D eigenvalue weighted by atomic mass is 19.1. The fourth-order valence-electron chi connectivity index (χ4n) is 1.85. The van der Waals surface area contributed by atoms with E-state index < -0.39 is 11.2 Å². The summed E-state index contributed by atoms with van der Waals surface area (Å²) >= 11 is 0. The minimum Gasteiger partial charge on any atom is -0.339 e. The summed E-state index contributed by atoms with van der Waals surface area (Å²) in [5, 5.41) is 3.77. The van der Waals surface area contributed by atoms with Crippen LogP contribution in [0.3, 0.4) is 0 Å². The van der Waals surface area contributed by atoms with Gasteiger partial charge in [-0.25, -0.2) is 4.39 Å². The van der Waals surface area contributed by atoms with E-state index in [9.17, 15) is 9.18 Å². The lowest BCUT2D eigenvalue weighted by molar-refractivity contribution is 0.0829. The third kappa shape index (κ3) is 2.48. The summed E-state index contributed by atoms with van der Waals surface area (Å²) in [6, 6.07) is 4.44. The lowest BCUT2D eigenvalue weighted by atomic mass is 9.80. The minimum absolute atomic E-state index is 0.0279. The molecule has 1 heterocycles. The molecule has 106 valence electrons. The predicted octanol–water partition coefficient (Wildman–Crippen LogP) is 3.80. The van der Waals surface area contributed by atoms with E-state index in [1.54, 1.807) is 26.8 Å². The van der Waals surface area contributed by atoms with Crippen molar-refractivity contribution in [2.24, 2.45) is 5.41 Å². The van der Waals surface area contributed by atoms with Gasteiger partial charge in [0.05, 0.1) is 5.56 Å². The van der Waals surface area contributed by atoms with Crippen molar-refractivity contribution in [3.05, 3.63) is 35.5 Å². The number of hydrogen-bond donors (Lipinski definition) is 0. The lowest BCUT2D eigenvalue weighted by Crippen LogP contribution is -2.25. The number of ketones is 1. The molecule has 0 saturated heterocycles. The largest absolute Gasteiger partial charge is 0.339 e. The zero-order valence-electron chi connectivity index (χ0n) is 12.0. The lowest BCUT2D eigenvalue weighted by Gasteiger charge is -2.22. The summed E-state index contributed by atoms with van der Waals surface area (Å²) in [4.78, 5) is 16.7. The zero-order chi connectivity index (χ0) is 14.9. The smallest absolute Gasteiger partial charge is 0.223 e. The van der Waals surface area contributed by atoms with Gasteiger partial charge in [-0.2, -0.15) is 4.98 Å². The van der Waals surface area contributed by atoms with Crippen LogP contribution in [0.2, 0.25) is 0 Å². The van der Waals surface area contributed by atoms with Gasteiger partial charge in [-0.05, 0) is 12.5 Å². The number of carbonyl (C=O) groups is 1. The second-order valence-electron chi connectivity index (χ2n) is 5.37. The van der Waals surface area contributed by atoms with Crippen LogP contribution in [0.1, 0.15) is 43.4 Å². The van der Waals surface area contributed by atoms with Crippen molar-refractivity contribution < 1.29 is 13.7 Å². The van der Waals surface area contributed by atoms with Crippen molar-refractivity contribution in [2.75, 3.05) is 0 Å². The average Bonchev–Trinajstić information content (AvgIpc) is 2.84. The standard InChI is InChI=1S/C15H17FN2O2/c1-5-15(3,4)13(19)12-10(7-6-8-11(12)16)14-17-9(2)20-18-14/h6-8H,5H2,1-4H3. The summed E-state index contributed by atoms with van der Waals surface area (Å²) in [5.41, 5.74) is -0.246. The molecule has 2 rings (SSSR count). The molecule has 20 heavy (non-hydrogen) atoms. The molecule has 1 aromatic carbocycles. The van der Waals surface area contributed by atoms with Gasteiger partial charge in [0.25, 0.3) is 0 Å². The molecule has 0 aliphatic rings. The van der Waals surface area contributed by atoms with Crippen molar-refractivity contribution in [2.45, 2.75) is 34.1 Å². The van der Waals surface area contributed by atoms with E-state index in [-0.39, 0.29) is 17.2 Å². The first kappa shape index (κ1) is 14.4. The number of halogens is 1. The maximum atomic E-state index is 14.2. The van der Waals surface area contributed by atoms with Crippen LogP contribution in [0, 0.1) is 18.2 Å². The van der Waals surface area contributed by atoms with E-state index in [0.717, 1.165) is 0 Å². The number of carbonyl (C=O) groups excluding carboxylic acids is 1. The van der Waals surface area contributed by atoms with Crippen LogP contribution < -0.4 is 0 Å². The van der Waals surface area contributed by atoms with Crippen molar-refractivity contribution >= 4 is 5.78 Å². The van der Waals surface area contributed by atoms with Gasteiger partial charge in [0.15, 0.2) is 5.78 Å². The Bertz CT molecular complexity index is 647. The van der Waals surface area contributed by atoms with Crippen LogP contribution in [0.15, 0.2) is 22.7 Å². The van der Waals surface area contributed by atoms with Crippen molar-refractivity contribution in [3.8, 4) is 11.4 Å². The Morgan fingerprint density at radius 3 is 2.65 bits per heavy atom. The third-order valence-electron chi connectivity index (χ3n) is 3.51. The van der Waals surface area contributed by atoms with E-state index in [2.05, 4.69) is 10.1 Å². The Labute approximate surface area is 117 Å². The molecule has 0 saturated carbocycles. The predicted molar refractivity (Wildman–Crippen MR) is 72.8 cm³/mol. The molecular formula is C15H17FN2O2. The Morgan fingerprint density at radius 1 is 1.40 bits per heavy atom. The first-order chi connectivity index (χ1) is 9.36. The van der Waals surface area contributed by atoms with Gasteiger partial charge >= 0.3 is 0 Å². The number of aryl methyl sites for hydroxylation is 1. The van der Waals surface area contributed by atoms with Crippen molar-refractivity contribution in [1.82, 2.24) is 10.1 Å². The number of Topliss-reactive ketones (excluding diaryl/α,β-unsaturated/α-hetero) is 1. The summed E-state index contributed by atoms with van der Waals surface area (Å²) < 4.78 is 19.1. The van der Waals surface area contributed by atoms with Gasteiger partial charge in [-0.15, -0.1) is 0 Å². The van der Waals surface area contributed by atoms with Crippen LogP contribution in [0.25, 0.3) is 11.4 Å². The molecule has 0 N–H and O–H groups in total. The monoisotopic (exact) mass is 276 g/mol. The fourth-order valence-corrected chi connectivity index (χ4v) is 1.85. The summed E-state index contributed by atoms with van der Waals surface area (Å²) in [7, 11) is 0. The highest BCUT2D eigenvalue weighted by Crippen LogP contribution is 2.32. The molecule has 0 bridgehead atoms. The second-order valence-corrected chi connectivity index (χ2v) is 5.37. The third-order valence-corrected chi connectivity index (χ3v) is 3.51. The van der Waals surface area contributed by atoms with Gasteiger partial charge in [-0.1, -0.05) is 38.1 Å². The number of nitrogens with zero attached hydrogens (tertiary/aromatic N) is 2. The van der Waals surface area contributed by atoms with E-state index >= 15 is 0 Å². The fraction of sp³-hybridized carbons (Fsp3) is 0.400. The summed E-state index contributed by atoms with van der Waals surface area (Å²) in [6.07, 6.45) is 0.616. The van der Waals surface area contributed by atoms with Crippen LogP contribution in [0.5, 0.6) is 0 Å².